The number of guanidine groups is 1. The van der Waals surface area contributed by atoms with Crippen LogP contribution in [0.4, 0.5) is 5.69 Å². The summed E-state index contributed by atoms with van der Waals surface area (Å²) in [5, 5.41) is 6.87. The van der Waals surface area contributed by atoms with E-state index in [-0.39, 0.29) is 6.10 Å². The second kappa shape index (κ2) is 13.5. The molecule has 1 fully saturated rings. The van der Waals surface area contributed by atoms with E-state index in [4.69, 9.17) is 19.2 Å². The molecule has 0 spiro atoms. The Kier molecular flexibility index (Phi) is 11.0. The highest BCUT2D eigenvalue weighted by molar-refractivity contribution is 5.93. The van der Waals surface area contributed by atoms with Gasteiger partial charge in [-0.3, -0.25) is 4.99 Å². The molecule has 1 aliphatic rings. The molecule has 7 nitrogen and oxygen atoms in total. The quantitative estimate of drug-likeness (QED) is 0.274. The Morgan fingerprint density at radius 2 is 1.87 bits per heavy atom. The minimum Gasteiger partial charge on any atom is -0.491 e. The van der Waals surface area contributed by atoms with Crippen molar-refractivity contribution in [2.45, 2.75) is 45.3 Å². The molecular formula is C23H40N4O3. The Balaban J connectivity index is 1.91. The number of methoxy groups -OCH3 is 1. The number of ether oxygens (including phenoxy) is 3. The average molecular weight is 421 g/mol. The van der Waals surface area contributed by atoms with Gasteiger partial charge in [-0.05, 0) is 77.4 Å². The monoisotopic (exact) mass is 420 g/mol. The van der Waals surface area contributed by atoms with E-state index in [1.54, 1.807) is 7.11 Å². The van der Waals surface area contributed by atoms with Gasteiger partial charge in [0.1, 0.15) is 5.75 Å². The molecule has 2 N–H and O–H groups in total. The highest BCUT2D eigenvalue weighted by Gasteiger charge is 2.32. The van der Waals surface area contributed by atoms with Crippen molar-refractivity contribution in [3.8, 4) is 5.75 Å². The second-order valence-corrected chi connectivity index (χ2v) is 8.26. The lowest BCUT2D eigenvalue weighted by molar-refractivity contribution is 0.0699. The summed E-state index contributed by atoms with van der Waals surface area (Å²) in [6.45, 7) is 7.60. The molecule has 170 valence electrons. The predicted octanol–water partition coefficient (Wildman–Crippen LogP) is 3.22. The summed E-state index contributed by atoms with van der Waals surface area (Å²) in [4.78, 5) is 7.17. The van der Waals surface area contributed by atoms with Gasteiger partial charge in [-0.2, -0.15) is 0 Å². The molecule has 0 radical (unpaired) electrons. The number of benzene rings is 1. The molecule has 1 unspecified atom stereocenters. The molecule has 7 heteroatoms. The number of aliphatic imine (C=N–C) groups is 1. The lowest BCUT2D eigenvalue weighted by Crippen LogP contribution is -2.36. The summed E-state index contributed by atoms with van der Waals surface area (Å²) in [6.07, 6.45) is 3.69. The summed E-state index contributed by atoms with van der Waals surface area (Å²) in [6, 6.07) is 8.50. The fourth-order valence-corrected chi connectivity index (χ4v) is 3.19. The maximum absolute atomic E-state index is 5.73. The van der Waals surface area contributed by atoms with Gasteiger partial charge in [0.15, 0.2) is 5.96 Å². The first-order chi connectivity index (χ1) is 14.5. The molecule has 2 rings (SSSR count). The van der Waals surface area contributed by atoms with Crippen molar-refractivity contribution in [1.82, 2.24) is 10.2 Å². The molecule has 1 aromatic carbocycles. The number of hydrogen-bond donors (Lipinski definition) is 2. The molecule has 0 heterocycles. The molecular weight excluding hydrogens is 380 g/mol. The minimum atomic E-state index is 0.166. The van der Waals surface area contributed by atoms with Crippen LogP contribution in [0.15, 0.2) is 29.3 Å². The fourth-order valence-electron chi connectivity index (χ4n) is 3.19. The largest absolute Gasteiger partial charge is 0.491 e. The molecule has 0 aliphatic heterocycles. The van der Waals surface area contributed by atoms with Crippen LogP contribution in [-0.2, 0) is 9.47 Å². The summed E-state index contributed by atoms with van der Waals surface area (Å²) >= 11 is 0. The van der Waals surface area contributed by atoms with E-state index in [9.17, 15) is 0 Å². The van der Waals surface area contributed by atoms with Crippen LogP contribution in [0.25, 0.3) is 0 Å². The van der Waals surface area contributed by atoms with Crippen molar-refractivity contribution < 1.29 is 14.2 Å². The number of rotatable bonds is 14. The van der Waals surface area contributed by atoms with Crippen LogP contribution in [0.2, 0.25) is 0 Å². The van der Waals surface area contributed by atoms with E-state index < -0.39 is 0 Å². The number of anilines is 1. The van der Waals surface area contributed by atoms with Gasteiger partial charge in [0.2, 0.25) is 0 Å². The van der Waals surface area contributed by atoms with Gasteiger partial charge in [-0.15, -0.1) is 0 Å². The zero-order valence-electron chi connectivity index (χ0n) is 19.3. The van der Waals surface area contributed by atoms with E-state index in [1.807, 2.05) is 38.1 Å². The van der Waals surface area contributed by atoms with Gasteiger partial charge >= 0.3 is 0 Å². The van der Waals surface area contributed by atoms with E-state index >= 15 is 0 Å². The molecule has 0 saturated heterocycles. The van der Waals surface area contributed by atoms with Crippen molar-refractivity contribution in [2.24, 2.45) is 10.9 Å². The lowest BCUT2D eigenvalue weighted by Gasteiger charge is -2.23. The van der Waals surface area contributed by atoms with Gasteiger partial charge in [-0.1, -0.05) is 0 Å². The van der Waals surface area contributed by atoms with E-state index in [2.05, 4.69) is 29.6 Å². The molecule has 1 saturated carbocycles. The van der Waals surface area contributed by atoms with E-state index in [0.29, 0.717) is 25.9 Å². The Morgan fingerprint density at radius 3 is 2.47 bits per heavy atom. The third-order valence-electron chi connectivity index (χ3n) is 4.94. The Hall–Kier alpha value is -1.83. The van der Waals surface area contributed by atoms with Crippen molar-refractivity contribution in [2.75, 3.05) is 59.4 Å². The summed E-state index contributed by atoms with van der Waals surface area (Å²) in [5.74, 6) is 2.44. The summed E-state index contributed by atoms with van der Waals surface area (Å²) in [7, 11) is 5.97. The maximum atomic E-state index is 5.73. The van der Waals surface area contributed by atoms with Crippen molar-refractivity contribution in [1.29, 1.82) is 0 Å². The predicted molar refractivity (Wildman–Crippen MR) is 124 cm³/mol. The Labute approximate surface area is 182 Å². The molecule has 1 aromatic rings. The molecule has 0 amide bonds. The zero-order valence-corrected chi connectivity index (χ0v) is 19.3. The number of hydrogen-bond acceptors (Lipinski definition) is 5. The smallest absolute Gasteiger partial charge is 0.195 e. The Bertz CT molecular complexity index is 613. The molecule has 0 bridgehead atoms. The second-order valence-electron chi connectivity index (χ2n) is 8.26. The van der Waals surface area contributed by atoms with E-state index in [0.717, 1.165) is 42.8 Å². The third kappa shape index (κ3) is 9.78. The van der Waals surface area contributed by atoms with Crippen molar-refractivity contribution in [3.05, 3.63) is 24.3 Å². The third-order valence-corrected chi connectivity index (χ3v) is 4.94. The van der Waals surface area contributed by atoms with Gasteiger partial charge in [0, 0.05) is 32.0 Å². The number of likely N-dealkylation sites (N-methyl/N-ethyl adjacent to an activating group) is 1. The Morgan fingerprint density at radius 1 is 1.13 bits per heavy atom. The normalized spacial score (nSPS) is 15.5. The van der Waals surface area contributed by atoms with E-state index in [1.165, 1.54) is 12.8 Å². The van der Waals surface area contributed by atoms with Gasteiger partial charge in [0.25, 0.3) is 0 Å². The maximum Gasteiger partial charge on any atom is 0.195 e. The highest BCUT2D eigenvalue weighted by atomic mass is 16.5. The topological polar surface area (TPSA) is 67.4 Å². The minimum absolute atomic E-state index is 0.166. The first kappa shape index (κ1) is 24.4. The van der Waals surface area contributed by atoms with Gasteiger partial charge < -0.3 is 29.7 Å². The lowest BCUT2D eigenvalue weighted by atomic mass is 10.2. The number of nitrogens with one attached hydrogen (secondary N) is 2. The van der Waals surface area contributed by atoms with Crippen LogP contribution in [0.5, 0.6) is 5.75 Å². The van der Waals surface area contributed by atoms with Crippen LogP contribution in [0.3, 0.4) is 0 Å². The molecule has 1 aliphatic carbocycles. The standard InChI is InChI=1S/C23H40N4O3/c1-18(2)30-21-11-9-20(10-12-21)26-23(24-13-6-14-29-16-15-28-5)25-17-22(27(3)4)19-7-8-19/h9-12,18-19,22H,6-8,13-17H2,1-5H3,(H2,24,25,26). The molecule has 0 aromatic heterocycles. The highest BCUT2D eigenvalue weighted by Crippen LogP contribution is 2.34. The van der Waals surface area contributed by atoms with Crippen LogP contribution < -0.4 is 15.4 Å². The fraction of sp³-hybridized carbons (Fsp3) is 0.696. The summed E-state index contributed by atoms with van der Waals surface area (Å²) in [5.41, 5.74) is 0.988. The van der Waals surface area contributed by atoms with Gasteiger partial charge in [-0.25, -0.2) is 0 Å². The number of nitrogens with zero attached hydrogens (tertiary/aromatic N) is 2. The molecule has 1 atom stereocenters. The first-order valence-corrected chi connectivity index (χ1v) is 11.0. The van der Waals surface area contributed by atoms with Gasteiger partial charge in [0.05, 0.1) is 25.9 Å². The van der Waals surface area contributed by atoms with Crippen molar-refractivity contribution in [3.63, 3.8) is 0 Å². The molecule has 30 heavy (non-hydrogen) atoms. The average Bonchev–Trinajstić information content (AvgIpc) is 3.53. The van der Waals surface area contributed by atoms with Crippen molar-refractivity contribution >= 4 is 11.6 Å². The first-order valence-electron chi connectivity index (χ1n) is 11.0. The van der Waals surface area contributed by atoms with Crippen LogP contribution in [-0.4, -0.2) is 77.1 Å². The summed E-state index contributed by atoms with van der Waals surface area (Å²) < 4.78 is 16.3. The van der Waals surface area contributed by atoms with Crippen LogP contribution in [0, 0.1) is 5.92 Å². The SMILES string of the molecule is COCCOCCCNC(=NCC(C1CC1)N(C)C)Nc1ccc(OC(C)C)cc1. The van der Waals surface area contributed by atoms with Crippen LogP contribution in [0.1, 0.15) is 33.1 Å². The van der Waals surface area contributed by atoms with Crippen LogP contribution >= 0.6 is 0 Å². The zero-order chi connectivity index (χ0) is 21.8.